The van der Waals surface area contributed by atoms with Gasteiger partial charge in [-0.1, -0.05) is 68.4 Å². The second-order valence-corrected chi connectivity index (χ2v) is 12.3. The Balaban J connectivity index is 1.58. The predicted octanol–water partition coefficient (Wildman–Crippen LogP) is 1.71. The molecule has 4 atom stereocenters. The van der Waals surface area contributed by atoms with Crippen LogP contribution in [0.1, 0.15) is 63.1 Å². The molecule has 47 heavy (non-hydrogen) atoms. The lowest BCUT2D eigenvalue weighted by Gasteiger charge is -2.32. The minimum absolute atomic E-state index is 0.0148. The Morgan fingerprint density at radius 2 is 1.62 bits per heavy atom. The summed E-state index contributed by atoms with van der Waals surface area (Å²) in [5, 5.41) is 19.1. The molecular weight excluding hydrogens is 602 g/mol. The lowest BCUT2D eigenvalue weighted by molar-refractivity contribution is -0.135. The van der Waals surface area contributed by atoms with Crippen molar-refractivity contribution in [2.45, 2.75) is 90.3 Å². The summed E-state index contributed by atoms with van der Waals surface area (Å²) in [4.78, 5) is 57.8. The Labute approximate surface area is 276 Å². The van der Waals surface area contributed by atoms with Crippen LogP contribution in [0.2, 0.25) is 0 Å². The van der Waals surface area contributed by atoms with E-state index in [0.29, 0.717) is 25.9 Å². The molecule has 0 aromatic heterocycles. The van der Waals surface area contributed by atoms with E-state index in [-0.39, 0.29) is 43.8 Å². The summed E-state index contributed by atoms with van der Waals surface area (Å²) in [5.74, 6) is -1.31. The summed E-state index contributed by atoms with van der Waals surface area (Å²) in [6.45, 7) is 6.71. The summed E-state index contributed by atoms with van der Waals surface area (Å²) in [6, 6.07) is 14.3. The Morgan fingerprint density at radius 3 is 2.30 bits per heavy atom. The molecule has 0 saturated heterocycles. The number of aliphatic imine (C=N–C) groups is 1. The van der Waals surface area contributed by atoms with E-state index >= 15 is 0 Å². The van der Waals surface area contributed by atoms with Gasteiger partial charge in [-0.25, -0.2) is 4.79 Å². The fourth-order valence-corrected chi connectivity index (χ4v) is 5.35. The summed E-state index contributed by atoms with van der Waals surface area (Å²) in [7, 11) is 0. The zero-order valence-electron chi connectivity index (χ0n) is 27.5. The molecule has 1 aliphatic rings. The molecule has 1 aliphatic heterocycles. The third-order valence-corrected chi connectivity index (χ3v) is 7.90. The van der Waals surface area contributed by atoms with Gasteiger partial charge in [-0.15, -0.1) is 0 Å². The Bertz CT molecular complexity index is 1370. The SMILES string of the molecule is CC(C)C[C@H](NC(=O)[C@H](C)NC(=O)[C@H](CCCN=C(N)N)NC(=O)OCc1ccccc1)[C@@H](O)CC(=O)N1CCc2ccccc2C1. The van der Waals surface area contributed by atoms with Gasteiger partial charge in [0.05, 0.1) is 18.6 Å². The summed E-state index contributed by atoms with van der Waals surface area (Å²) in [5.41, 5.74) is 13.9. The monoisotopic (exact) mass is 651 g/mol. The van der Waals surface area contributed by atoms with Gasteiger partial charge < -0.3 is 42.2 Å². The summed E-state index contributed by atoms with van der Waals surface area (Å²) < 4.78 is 5.28. The lowest BCUT2D eigenvalue weighted by atomic mass is 9.95. The van der Waals surface area contributed by atoms with Crippen LogP contribution in [0.25, 0.3) is 0 Å². The van der Waals surface area contributed by atoms with E-state index in [1.54, 1.807) is 17.0 Å². The van der Waals surface area contributed by atoms with Crippen molar-refractivity contribution >= 4 is 29.8 Å². The fourth-order valence-electron chi connectivity index (χ4n) is 5.35. The van der Waals surface area contributed by atoms with Crippen LogP contribution in [-0.2, 0) is 38.7 Å². The van der Waals surface area contributed by atoms with Crippen LogP contribution < -0.4 is 27.4 Å². The largest absolute Gasteiger partial charge is 0.445 e. The van der Waals surface area contributed by atoms with Crippen molar-refractivity contribution in [2.75, 3.05) is 13.1 Å². The Hall–Kier alpha value is -4.65. The first-order valence-electron chi connectivity index (χ1n) is 16.1. The normalized spacial score (nSPS) is 15.0. The van der Waals surface area contributed by atoms with E-state index in [2.05, 4.69) is 27.0 Å². The molecule has 3 rings (SSSR count). The molecular formula is C34H49N7O6. The van der Waals surface area contributed by atoms with Gasteiger partial charge in [0.15, 0.2) is 5.96 Å². The molecule has 0 radical (unpaired) electrons. The first-order chi connectivity index (χ1) is 22.4. The average molecular weight is 652 g/mol. The zero-order valence-corrected chi connectivity index (χ0v) is 27.5. The number of fused-ring (bicyclic) bond motifs is 1. The van der Waals surface area contributed by atoms with Gasteiger partial charge >= 0.3 is 6.09 Å². The predicted molar refractivity (Wildman–Crippen MR) is 179 cm³/mol. The molecule has 0 unspecified atom stereocenters. The number of carbonyl (C=O) groups excluding carboxylic acids is 4. The van der Waals surface area contributed by atoms with Crippen molar-refractivity contribution in [3.63, 3.8) is 0 Å². The van der Waals surface area contributed by atoms with Crippen LogP contribution in [-0.4, -0.2) is 77.1 Å². The van der Waals surface area contributed by atoms with E-state index in [1.165, 1.54) is 12.5 Å². The van der Waals surface area contributed by atoms with Gasteiger partial charge in [0, 0.05) is 19.6 Å². The van der Waals surface area contributed by atoms with Crippen molar-refractivity contribution in [1.82, 2.24) is 20.9 Å². The fraction of sp³-hybridized carbons (Fsp3) is 0.500. The van der Waals surface area contributed by atoms with Crippen LogP contribution in [0.15, 0.2) is 59.6 Å². The number of hydrogen-bond donors (Lipinski definition) is 6. The van der Waals surface area contributed by atoms with Crippen LogP contribution in [0, 0.1) is 5.92 Å². The minimum atomic E-state index is -1.13. The van der Waals surface area contributed by atoms with Crippen molar-refractivity contribution in [1.29, 1.82) is 0 Å². The van der Waals surface area contributed by atoms with Gasteiger partial charge in [-0.05, 0) is 55.2 Å². The van der Waals surface area contributed by atoms with Crippen LogP contribution in [0.4, 0.5) is 4.79 Å². The minimum Gasteiger partial charge on any atom is -0.445 e. The summed E-state index contributed by atoms with van der Waals surface area (Å²) >= 11 is 0. The number of carbonyl (C=O) groups is 4. The number of ether oxygens (including phenoxy) is 1. The van der Waals surface area contributed by atoms with Gasteiger partial charge in [-0.2, -0.15) is 0 Å². The van der Waals surface area contributed by atoms with Crippen LogP contribution in [0.5, 0.6) is 0 Å². The maximum atomic E-state index is 13.3. The third kappa shape index (κ3) is 12.6. The van der Waals surface area contributed by atoms with Gasteiger partial charge in [0.1, 0.15) is 18.7 Å². The highest BCUT2D eigenvalue weighted by Crippen LogP contribution is 2.20. The molecule has 0 saturated carbocycles. The molecule has 4 amide bonds. The highest BCUT2D eigenvalue weighted by molar-refractivity contribution is 5.91. The molecule has 1 heterocycles. The zero-order chi connectivity index (χ0) is 34.3. The van der Waals surface area contributed by atoms with E-state index in [1.807, 2.05) is 50.2 Å². The maximum absolute atomic E-state index is 13.3. The number of nitrogens with zero attached hydrogens (tertiary/aromatic N) is 2. The van der Waals surface area contributed by atoms with E-state index in [9.17, 15) is 24.3 Å². The molecule has 0 bridgehead atoms. The molecule has 2 aromatic carbocycles. The molecule has 13 nitrogen and oxygen atoms in total. The first-order valence-corrected chi connectivity index (χ1v) is 16.1. The second kappa shape index (κ2) is 18.5. The maximum Gasteiger partial charge on any atom is 0.408 e. The third-order valence-electron chi connectivity index (χ3n) is 7.90. The van der Waals surface area contributed by atoms with E-state index in [0.717, 1.165) is 17.5 Å². The standard InChI is InChI=1S/C34H49N7O6/c1-22(2)18-28(29(42)19-30(43)41-17-15-25-12-7-8-13-26(25)20-41)39-31(44)23(3)38-32(45)27(14-9-16-37-33(35)36)40-34(46)47-21-24-10-5-4-6-11-24/h4-8,10-13,22-23,27-29,42H,9,14-21H2,1-3H3,(H,38,45)(H,39,44)(H,40,46)(H4,35,36,37)/t23-,27-,28-,29-/m0/s1. The molecule has 13 heteroatoms. The van der Waals surface area contributed by atoms with Crippen molar-refractivity contribution in [3.05, 3.63) is 71.3 Å². The number of nitrogens with two attached hydrogens (primary N) is 2. The molecule has 256 valence electrons. The summed E-state index contributed by atoms with van der Waals surface area (Å²) in [6.07, 6.45) is -0.354. The number of alkyl carbamates (subject to hydrolysis) is 1. The van der Waals surface area contributed by atoms with Gasteiger partial charge in [0.2, 0.25) is 17.7 Å². The second-order valence-electron chi connectivity index (χ2n) is 12.3. The van der Waals surface area contributed by atoms with Crippen molar-refractivity contribution in [2.24, 2.45) is 22.4 Å². The number of nitrogens with one attached hydrogen (secondary N) is 3. The number of rotatable bonds is 16. The molecule has 2 aromatic rings. The Morgan fingerprint density at radius 1 is 0.936 bits per heavy atom. The van der Waals surface area contributed by atoms with E-state index < -0.39 is 42.1 Å². The number of aliphatic hydroxyl groups is 1. The lowest BCUT2D eigenvalue weighted by Crippen LogP contribution is -2.55. The average Bonchev–Trinajstić information content (AvgIpc) is 3.04. The van der Waals surface area contributed by atoms with Crippen LogP contribution in [0.3, 0.4) is 0 Å². The molecule has 8 N–H and O–H groups in total. The first kappa shape index (κ1) is 36.8. The van der Waals surface area contributed by atoms with Gasteiger partial charge in [-0.3, -0.25) is 19.4 Å². The van der Waals surface area contributed by atoms with Crippen molar-refractivity contribution < 1.29 is 29.0 Å². The van der Waals surface area contributed by atoms with E-state index in [4.69, 9.17) is 16.2 Å². The number of guanidine groups is 1. The molecule has 0 spiro atoms. The molecule has 0 fully saturated rings. The number of hydrogen-bond acceptors (Lipinski definition) is 7. The highest BCUT2D eigenvalue weighted by atomic mass is 16.5. The topological polar surface area (TPSA) is 201 Å². The van der Waals surface area contributed by atoms with Crippen molar-refractivity contribution in [3.8, 4) is 0 Å². The van der Waals surface area contributed by atoms with Crippen LogP contribution >= 0.6 is 0 Å². The number of benzene rings is 2. The quantitative estimate of drug-likeness (QED) is 0.0894. The number of amides is 4. The van der Waals surface area contributed by atoms with Gasteiger partial charge in [0.25, 0.3) is 0 Å². The number of aliphatic hydroxyl groups excluding tert-OH is 1. The smallest absolute Gasteiger partial charge is 0.408 e. The highest BCUT2D eigenvalue weighted by Gasteiger charge is 2.31. The molecule has 0 aliphatic carbocycles. The Kier molecular flexibility index (Phi) is 14.5.